The zero-order chi connectivity index (χ0) is 34.8. The van der Waals surface area contributed by atoms with Crippen molar-refractivity contribution in [2.24, 2.45) is 0 Å². The Morgan fingerprint density at radius 2 is 0.849 bits per heavy atom. The van der Waals surface area contributed by atoms with E-state index in [0.29, 0.717) is 0 Å². The average molecular weight is 676 g/mol. The Balaban J connectivity index is 1.10. The lowest BCUT2D eigenvalue weighted by Gasteiger charge is -2.15. The second-order valence-electron chi connectivity index (χ2n) is 14.1. The minimum atomic E-state index is 0.0259. The van der Waals surface area contributed by atoms with Crippen LogP contribution in [-0.4, -0.2) is 13.5 Å². The second-order valence-corrected chi connectivity index (χ2v) is 14.1. The van der Waals surface area contributed by atoms with Crippen LogP contribution >= 0.6 is 0 Å². The van der Waals surface area contributed by atoms with Gasteiger partial charge in [0.2, 0.25) is 0 Å². The van der Waals surface area contributed by atoms with Gasteiger partial charge in [-0.1, -0.05) is 115 Å². The van der Waals surface area contributed by atoms with E-state index in [1.807, 2.05) is 22.6 Å². The van der Waals surface area contributed by atoms with Gasteiger partial charge in [-0.15, -0.1) is 0 Å². The second kappa shape index (κ2) is 10.4. The molecule has 0 fully saturated rings. The molecule has 4 heteroatoms. The normalized spacial score (nSPS) is 12.2. The van der Waals surface area contributed by atoms with E-state index in [0.717, 1.165) is 71.5 Å². The molecule has 12 aromatic rings. The summed E-state index contributed by atoms with van der Waals surface area (Å²) in [4.78, 5) is 14.0. The Labute approximate surface area is 302 Å². The summed E-state index contributed by atoms with van der Waals surface area (Å²) in [6.07, 6.45) is 0. The van der Waals surface area contributed by atoms with Gasteiger partial charge in [0.15, 0.2) is 0 Å². The molecule has 0 saturated heterocycles. The minimum absolute atomic E-state index is 0.0259. The topological polar surface area (TPSA) is 31.3 Å². The van der Waals surface area contributed by atoms with Gasteiger partial charge in [0.05, 0.1) is 38.8 Å². The fourth-order valence-corrected chi connectivity index (χ4v) is 9.16. The van der Waals surface area contributed by atoms with E-state index in [2.05, 4.69) is 167 Å². The van der Waals surface area contributed by atoms with Crippen LogP contribution in [0.25, 0.3) is 104 Å². The van der Waals surface area contributed by atoms with E-state index in [1.165, 1.54) is 32.6 Å². The molecule has 0 aliphatic carbocycles. The molecule has 0 unspecified atom stereocenters. The van der Waals surface area contributed by atoms with E-state index in [1.54, 1.807) is 0 Å². The molecule has 53 heavy (non-hydrogen) atoms. The summed E-state index contributed by atoms with van der Waals surface area (Å²) in [5, 5.41) is 9.94. The van der Waals surface area contributed by atoms with Crippen molar-refractivity contribution < 1.29 is 0 Å². The minimum Gasteiger partial charge on any atom is -0.309 e. The summed E-state index contributed by atoms with van der Waals surface area (Å²) in [5.74, 6) is 0. The lowest BCUT2D eigenvalue weighted by molar-refractivity contribution is 1.17. The summed E-state index contributed by atoms with van der Waals surface area (Å²) >= 11 is 0. The maximum Gasteiger partial charge on any atom is 0.263 e. The molecule has 0 aliphatic rings. The number of aromatic nitrogens is 3. The molecule has 0 atom stereocenters. The fourth-order valence-electron chi connectivity index (χ4n) is 9.16. The van der Waals surface area contributed by atoms with Crippen LogP contribution in [0.15, 0.2) is 181 Å². The predicted molar refractivity (Wildman–Crippen MR) is 221 cm³/mol. The number of benzene rings is 8. The summed E-state index contributed by atoms with van der Waals surface area (Å²) in [6.45, 7) is 0. The van der Waals surface area contributed by atoms with E-state index in [-0.39, 0.29) is 5.56 Å². The van der Waals surface area contributed by atoms with Crippen LogP contribution in [0.4, 0.5) is 0 Å². The third kappa shape index (κ3) is 3.76. The van der Waals surface area contributed by atoms with Crippen molar-refractivity contribution in [2.45, 2.75) is 0 Å². The lowest BCUT2D eigenvalue weighted by atomic mass is 10.00. The molecule has 0 N–H and O–H groups in total. The molecule has 4 aromatic heterocycles. The van der Waals surface area contributed by atoms with Crippen LogP contribution < -0.4 is 5.56 Å². The molecule has 4 nitrogen and oxygen atoms in total. The highest BCUT2D eigenvalue weighted by molar-refractivity contribution is 6.21. The van der Waals surface area contributed by atoms with Crippen LogP contribution in [0, 0.1) is 0 Å². The summed E-state index contributed by atoms with van der Waals surface area (Å²) in [5.41, 5.74) is 11.1. The van der Waals surface area contributed by atoms with Crippen LogP contribution in [0.2, 0.25) is 0 Å². The zero-order valence-corrected chi connectivity index (χ0v) is 28.5. The van der Waals surface area contributed by atoms with Crippen LogP contribution in [0.5, 0.6) is 0 Å². The molecule has 0 saturated carbocycles. The largest absolute Gasteiger partial charge is 0.309 e. The first-order valence-corrected chi connectivity index (χ1v) is 18.1. The molecular weight excluding hydrogens is 647 g/mol. The zero-order valence-electron chi connectivity index (χ0n) is 28.5. The molecule has 0 amide bonds. The standard InChI is InChI=1S/C49H29N3O/c53-49-39-17-2-1-13-33(39)37-18-11-19-38-40-28-30(24-26-47(40)52(49)48(37)38)32-12-3-7-20-42(32)51-45-23-10-6-16-36(45)41-29-31(25-27-46(41)51)50-43-21-8-4-14-34(43)35-15-5-9-22-44(35)50/h1-29H. The number of para-hydroxylation sites is 5. The summed E-state index contributed by atoms with van der Waals surface area (Å²) in [6, 6.07) is 62.6. The highest BCUT2D eigenvalue weighted by Crippen LogP contribution is 2.41. The Morgan fingerprint density at radius 1 is 0.340 bits per heavy atom. The maximum atomic E-state index is 14.0. The number of nitrogens with zero attached hydrogens (tertiary/aromatic N) is 3. The average Bonchev–Trinajstić information content (AvgIpc) is 3.86. The van der Waals surface area contributed by atoms with Gasteiger partial charge in [-0.05, 0) is 71.6 Å². The van der Waals surface area contributed by atoms with E-state index >= 15 is 0 Å². The van der Waals surface area contributed by atoms with Crippen LogP contribution in [0.3, 0.4) is 0 Å². The monoisotopic (exact) mass is 675 g/mol. The van der Waals surface area contributed by atoms with E-state index in [4.69, 9.17) is 0 Å². The van der Waals surface area contributed by atoms with Crippen molar-refractivity contribution in [3.8, 4) is 22.5 Å². The molecule has 0 aliphatic heterocycles. The Kier molecular flexibility index (Phi) is 5.62. The number of hydrogen-bond donors (Lipinski definition) is 0. The van der Waals surface area contributed by atoms with Gasteiger partial charge in [0.25, 0.3) is 5.56 Å². The summed E-state index contributed by atoms with van der Waals surface area (Å²) in [7, 11) is 0. The molecule has 0 spiro atoms. The third-order valence-corrected chi connectivity index (χ3v) is 11.4. The first-order chi connectivity index (χ1) is 26.2. The number of fused-ring (bicyclic) bond motifs is 11. The van der Waals surface area contributed by atoms with Crippen molar-refractivity contribution >= 4 is 81.6 Å². The molecule has 0 bridgehead atoms. The van der Waals surface area contributed by atoms with Gasteiger partial charge in [0, 0.05) is 54.3 Å². The van der Waals surface area contributed by atoms with Crippen molar-refractivity contribution in [3.05, 3.63) is 186 Å². The first kappa shape index (κ1) is 28.5. The number of rotatable bonds is 3. The van der Waals surface area contributed by atoms with Crippen molar-refractivity contribution in [1.29, 1.82) is 0 Å². The molecule has 8 aromatic carbocycles. The van der Waals surface area contributed by atoms with Gasteiger partial charge in [-0.25, -0.2) is 0 Å². The van der Waals surface area contributed by atoms with Gasteiger partial charge < -0.3 is 9.13 Å². The van der Waals surface area contributed by atoms with Gasteiger partial charge in [-0.2, -0.15) is 0 Å². The SMILES string of the molecule is O=c1c2ccccc2c2cccc3c4cc(-c5ccccc5-n5c6ccccc6c6cc(-n7c8ccccc8c8ccccc87)ccc65)ccc4n1c23. The van der Waals surface area contributed by atoms with E-state index < -0.39 is 0 Å². The maximum absolute atomic E-state index is 14.0. The number of pyridine rings is 1. The van der Waals surface area contributed by atoms with E-state index in [9.17, 15) is 4.79 Å². The lowest BCUT2D eigenvalue weighted by Crippen LogP contribution is -2.12. The van der Waals surface area contributed by atoms with Crippen LogP contribution in [-0.2, 0) is 0 Å². The van der Waals surface area contributed by atoms with Crippen molar-refractivity contribution in [2.75, 3.05) is 0 Å². The smallest absolute Gasteiger partial charge is 0.263 e. The quantitative estimate of drug-likeness (QED) is 0.172. The third-order valence-electron chi connectivity index (χ3n) is 11.4. The molecular formula is C49H29N3O. The van der Waals surface area contributed by atoms with Crippen molar-refractivity contribution in [1.82, 2.24) is 13.5 Å². The Bertz CT molecular complexity index is 3490. The van der Waals surface area contributed by atoms with Gasteiger partial charge in [0.1, 0.15) is 0 Å². The molecule has 4 heterocycles. The van der Waals surface area contributed by atoms with Crippen LogP contribution in [0.1, 0.15) is 0 Å². The Hall–Kier alpha value is -7.17. The molecule has 12 rings (SSSR count). The summed E-state index contributed by atoms with van der Waals surface area (Å²) < 4.78 is 6.72. The highest BCUT2D eigenvalue weighted by Gasteiger charge is 2.20. The van der Waals surface area contributed by atoms with Gasteiger partial charge >= 0.3 is 0 Å². The predicted octanol–water partition coefficient (Wildman–Crippen LogP) is 12.1. The van der Waals surface area contributed by atoms with Gasteiger partial charge in [-0.3, -0.25) is 9.20 Å². The Morgan fingerprint density at radius 3 is 1.58 bits per heavy atom. The highest BCUT2D eigenvalue weighted by atomic mass is 16.1. The molecule has 246 valence electrons. The first-order valence-electron chi connectivity index (χ1n) is 18.1. The fraction of sp³-hybridized carbons (Fsp3) is 0. The number of hydrogen-bond acceptors (Lipinski definition) is 1. The van der Waals surface area contributed by atoms with Crippen molar-refractivity contribution in [3.63, 3.8) is 0 Å². The molecule has 0 radical (unpaired) electrons.